The summed E-state index contributed by atoms with van der Waals surface area (Å²) >= 11 is 0. The van der Waals surface area contributed by atoms with Crippen molar-refractivity contribution in [3.05, 3.63) is 12.2 Å². The Hall–Kier alpha value is -0.300. The second-order valence-corrected chi connectivity index (χ2v) is 3.03. The molecular formula is C9H19N. The summed E-state index contributed by atoms with van der Waals surface area (Å²) in [5.74, 6) is 0.685. The highest BCUT2D eigenvalue weighted by Gasteiger charge is 1.88. The van der Waals surface area contributed by atoms with Gasteiger partial charge in [0, 0.05) is 6.54 Å². The Balaban J connectivity index is 3.33. The Bertz CT molecular complexity index is 94.9. The van der Waals surface area contributed by atoms with Crippen LogP contribution in [0.5, 0.6) is 0 Å². The van der Waals surface area contributed by atoms with Gasteiger partial charge in [0.25, 0.3) is 0 Å². The van der Waals surface area contributed by atoms with Crippen LogP contribution in [0.15, 0.2) is 12.2 Å². The van der Waals surface area contributed by atoms with Crippen LogP contribution in [0.4, 0.5) is 0 Å². The van der Waals surface area contributed by atoms with Gasteiger partial charge in [-0.3, -0.25) is 0 Å². The first-order valence-corrected chi connectivity index (χ1v) is 4.02. The fourth-order valence-corrected chi connectivity index (χ4v) is 0.642. The van der Waals surface area contributed by atoms with Crippen LogP contribution < -0.4 is 0 Å². The van der Waals surface area contributed by atoms with Crippen LogP contribution in [0, 0.1) is 5.92 Å². The molecule has 0 aromatic rings. The Labute approximate surface area is 64.7 Å². The van der Waals surface area contributed by atoms with Gasteiger partial charge in [0.1, 0.15) is 0 Å². The molecule has 0 aromatic heterocycles. The smallest absolute Gasteiger partial charge is 0.0160 e. The maximum absolute atomic E-state index is 2.28. The lowest BCUT2D eigenvalue weighted by molar-refractivity contribution is 0.391. The average Bonchev–Trinajstić information content (AvgIpc) is 1.87. The van der Waals surface area contributed by atoms with Crippen LogP contribution in [0.3, 0.4) is 0 Å². The normalized spacial score (nSPS) is 12.2. The van der Waals surface area contributed by atoms with Gasteiger partial charge in [0.05, 0.1) is 0 Å². The van der Waals surface area contributed by atoms with Crippen molar-refractivity contribution in [3.63, 3.8) is 0 Å². The van der Waals surface area contributed by atoms with E-state index in [4.69, 9.17) is 0 Å². The Morgan fingerprint density at radius 1 is 1.40 bits per heavy atom. The van der Waals surface area contributed by atoms with Crippen molar-refractivity contribution >= 4 is 0 Å². The second-order valence-electron chi connectivity index (χ2n) is 3.03. The number of hydrogen-bond acceptors (Lipinski definition) is 1. The largest absolute Gasteiger partial charge is 0.303 e. The summed E-state index contributed by atoms with van der Waals surface area (Å²) in [7, 11) is 2.13. The zero-order valence-corrected chi connectivity index (χ0v) is 7.59. The fraction of sp³-hybridized carbons (Fsp3) is 0.778. The number of rotatable bonds is 4. The van der Waals surface area contributed by atoms with Gasteiger partial charge in [0.2, 0.25) is 0 Å². The van der Waals surface area contributed by atoms with E-state index >= 15 is 0 Å². The molecule has 0 atom stereocenters. The predicted molar refractivity (Wildman–Crippen MR) is 47.1 cm³/mol. The minimum atomic E-state index is 0.685. The summed E-state index contributed by atoms with van der Waals surface area (Å²) in [4.78, 5) is 2.28. The molecular weight excluding hydrogens is 122 g/mol. The molecule has 0 fully saturated rings. The van der Waals surface area contributed by atoms with Gasteiger partial charge in [-0.25, -0.2) is 0 Å². The highest BCUT2D eigenvalue weighted by atomic mass is 15.1. The predicted octanol–water partition coefficient (Wildman–Crippen LogP) is 2.15. The lowest BCUT2D eigenvalue weighted by atomic mass is 10.2. The summed E-state index contributed by atoms with van der Waals surface area (Å²) in [6, 6.07) is 0. The van der Waals surface area contributed by atoms with Crippen LogP contribution in [0.25, 0.3) is 0 Å². The summed E-state index contributed by atoms with van der Waals surface area (Å²) in [6.07, 6.45) is 4.47. The van der Waals surface area contributed by atoms with Crippen molar-refractivity contribution in [1.82, 2.24) is 4.90 Å². The standard InChI is InChI=1S/C9H19N/c1-5-10(4)8-6-7-9(2)3/h6-7,9H,5,8H2,1-4H3/b7-6+. The summed E-state index contributed by atoms with van der Waals surface area (Å²) in [5.41, 5.74) is 0. The molecule has 0 spiro atoms. The molecule has 0 aliphatic carbocycles. The third-order valence-electron chi connectivity index (χ3n) is 1.48. The molecule has 1 nitrogen and oxygen atoms in total. The number of likely N-dealkylation sites (N-methyl/N-ethyl adjacent to an activating group) is 1. The molecule has 0 amide bonds. The van der Waals surface area contributed by atoms with Gasteiger partial charge in [-0.05, 0) is 19.5 Å². The zero-order valence-electron chi connectivity index (χ0n) is 7.59. The van der Waals surface area contributed by atoms with E-state index in [1.54, 1.807) is 0 Å². The fourth-order valence-electron chi connectivity index (χ4n) is 0.642. The summed E-state index contributed by atoms with van der Waals surface area (Å²) in [6.45, 7) is 8.77. The van der Waals surface area contributed by atoms with Gasteiger partial charge in [-0.15, -0.1) is 0 Å². The molecule has 1 heteroatoms. The Morgan fingerprint density at radius 3 is 2.40 bits per heavy atom. The molecule has 0 unspecified atom stereocenters. The van der Waals surface area contributed by atoms with E-state index in [0.29, 0.717) is 5.92 Å². The molecule has 0 N–H and O–H groups in total. The Morgan fingerprint density at radius 2 is 2.00 bits per heavy atom. The van der Waals surface area contributed by atoms with E-state index in [-0.39, 0.29) is 0 Å². The molecule has 0 heterocycles. The molecule has 0 radical (unpaired) electrons. The van der Waals surface area contributed by atoms with Crippen molar-refractivity contribution in [2.24, 2.45) is 5.92 Å². The maximum atomic E-state index is 2.28. The van der Waals surface area contributed by atoms with Crippen molar-refractivity contribution in [1.29, 1.82) is 0 Å². The minimum absolute atomic E-state index is 0.685. The van der Waals surface area contributed by atoms with E-state index in [1.807, 2.05) is 0 Å². The van der Waals surface area contributed by atoms with E-state index < -0.39 is 0 Å². The zero-order chi connectivity index (χ0) is 7.98. The van der Waals surface area contributed by atoms with Gasteiger partial charge in [0.15, 0.2) is 0 Å². The highest BCUT2D eigenvalue weighted by Crippen LogP contribution is 1.93. The molecule has 0 saturated heterocycles. The monoisotopic (exact) mass is 141 g/mol. The number of nitrogens with zero attached hydrogens (tertiary/aromatic N) is 1. The van der Waals surface area contributed by atoms with Crippen molar-refractivity contribution in [2.75, 3.05) is 20.1 Å². The van der Waals surface area contributed by atoms with E-state index in [2.05, 4.69) is 44.9 Å². The van der Waals surface area contributed by atoms with Crippen LogP contribution in [0.2, 0.25) is 0 Å². The quantitative estimate of drug-likeness (QED) is 0.542. The molecule has 0 saturated carbocycles. The molecule has 0 bridgehead atoms. The van der Waals surface area contributed by atoms with Crippen LogP contribution in [0.1, 0.15) is 20.8 Å². The van der Waals surface area contributed by atoms with Crippen LogP contribution >= 0.6 is 0 Å². The molecule has 0 rings (SSSR count). The van der Waals surface area contributed by atoms with Gasteiger partial charge < -0.3 is 4.90 Å². The minimum Gasteiger partial charge on any atom is -0.303 e. The third kappa shape index (κ3) is 5.83. The lowest BCUT2D eigenvalue weighted by Crippen LogP contribution is -2.16. The highest BCUT2D eigenvalue weighted by molar-refractivity contribution is 4.86. The van der Waals surface area contributed by atoms with E-state index in [0.717, 1.165) is 13.1 Å². The topological polar surface area (TPSA) is 3.24 Å². The maximum Gasteiger partial charge on any atom is 0.0160 e. The van der Waals surface area contributed by atoms with E-state index in [1.165, 1.54) is 0 Å². The van der Waals surface area contributed by atoms with Gasteiger partial charge in [-0.1, -0.05) is 32.9 Å². The SMILES string of the molecule is CCN(C)C/C=C/C(C)C. The number of allylic oxidation sites excluding steroid dienone is 1. The molecule has 0 aliphatic rings. The Kier molecular flexibility index (Phi) is 5.32. The first kappa shape index (κ1) is 9.70. The van der Waals surface area contributed by atoms with Gasteiger partial charge >= 0.3 is 0 Å². The summed E-state index contributed by atoms with van der Waals surface area (Å²) < 4.78 is 0. The summed E-state index contributed by atoms with van der Waals surface area (Å²) in [5, 5.41) is 0. The van der Waals surface area contributed by atoms with Crippen LogP contribution in [-0.2, 0) is 0 Å². The molecule has 0 aliphatic heterocycles. The first-order valence-electron chi connectivity index (χ1n) is 4.02. The first-order chi connectivity index (χ1) is 4.66. The molecule has 60 valence electrons. The molecule has 10 heavy (non-hydrogen) atoms. The van der Waals surface area contributed by atoms with E-state index in [9.17, 15) is 0 Å². The van der Waals surface area contributed by atoms with Crippen LogP contribution in [-0.4, -0.2) is 25.0 Å². The lowest BCUT2D eigenvalue weighted by Gasteiger charge is -2.09. The third-order valence-corrected chi connectivity index (χ3v) is 1.48. The second kappa shape index (κ2) is 5.48. The van der Waals surface area contributed by atoms with Crippen molar-refractivity contribution < 1.29 is 0 Å². The average molecular weight is 141 g/mol. The van der Waals surface area contributed by atoms with Gasteiger partial charge in [-0.2, -0.15) is 0 Å². The van der Waals surface area contributed by atoms with Crippen molar-refractivity contribution in [3.8, 4) is 0 Å². The number of hydrogen-bond donors (Lipinski definition) is 0. The molecule has 0 aromatic carbocycles. The van der Waals surface area contributed by atoms with Crippen molar-refractivity contribution in [2.45, 2.75) is 20.8 Å².